The molecule has 2 fully saturated rings. The van der Waals surface area contributed by atoms with Gasteiger partial charge in [0.05, 0.1) is 0 Å². The third-order valence-corrected chi connectivity index (χ3v) is 6.04. The van der Waals surface area contributed by atoms with Crippen LogP contribution in [0.4, 0.5) is 4.79 Å². The molecule has 1 aromatic rings. The van der Waals surface area contributed by atoms with Gasteiger partial charge in [-0.25, -0.2) is 4.79 Å². The number of carbonyl (C=O) groups excluding carboxylic acids is 3. The zero-order chi connectivity index (χ0) is 18.9. The summed E-state index contributed by atoms with van der Waals surface area (Å²) in [6.45, 7) is 6.08. The Labute approximate surface area is 158 Å². The molecule has 2 heterocycles. The summed E-state index contributed by atoms with van der Waals surface area (Å²) in [5.74, 6) is 0.924. The van der Waals surface area contributed by atoms with E-state index in [-0.39, 0.29) is 18.4 Å². The van der Waals surface area contributed by atoms with Crippen LogP contribution in [0.1, 0.15) is 32.8 Å². The highest BCUT2D eigenvalue weighted by molar-refractivity contribution is 7.99. The van der Waals surface area contributed by atoms with Gasteiger partial charge in [-0.15, -0.1) is 0 Å². The number of carbonyl (C=O) groups is 3. The van der Waals surface area contributed by atoms with E-state index in [1.807, 2.05) is 51.1 Å². The second-order valence-corrected chi connectivity index (χ2v) is 8.95. The summed E-state index contributed by atoms with van der Waals surface area (Å²) in [6, 6.07) is 9.26. The first-order valence-corrected chi connectivity index (χ1v) is 9.95. The van der Waals surface area contributed by atoms with Crippen LogP contribution in [0, 0.1) is 0 Å². The SMILES string of the molecule is CC(C)(C)N(Cc1ccccc1)C(=O)CN1C(=O)NC2(CCSC2)C1=O. The molecule has 3 rings (SSSR count). The largest absolute Gasteiger partial charge is 0.332 e. The fraction of sp³-hybridized carbons (Fsp3) is 0.526. The van der Waals surface area contributed by atoms with E-state index in [2.05, 4.69) is 5.32 Å². The molecule has 1 unspecified atom stereocenters. The maximum absolute atomic E-state index is 13.0. The normalized spacial score (nSPS) is 22.8. The molecule has 0 aromatic heterocycles. The van der Waals surface area contributed by atoms with Gasteiger partial charge in [0.1, 0.15) is 12.1 Å². The summed E-state index contributed by atoms with van der Waals surface area (Å²) in [4.78, 5) is 40.9. The average molecular weight is 375 g/mol. The van der Waals surface area contributed by atoms with Crippen molar-refractivity contribution in [3.05, 3.63) is 35.9 Å². The number of hydrogen-bond donors (Lipinski definition) is 1. The predicted molar refractivity (Wildman–Crippen MR) is 102 cm³/mol. The van der Waals surface area contributed by atoms with Crippen molar-refractivity contribution in [2.45, 2.75) is 44.8 Å². The lowest BCUT2D eigenvalue weighted by Gasteiger charge is -2.36. The van der Waals surface area contributed by atoms with Gasteiger partial charge in [-0.05, 0) is 38.5 Å². The topological polar surface area (TPSA) is 69.7 Å². The highest BCUT2D eigenvalue weighted by Crippen LogP contribution is 2.33. The molecular weight excluding hydrogens is 350 g/mol. The molecule has 1 atom stereocenters. The Morgan fingerprint density at radius 2 is 1.96 bits per heavy atom. The lowest BCUT2D eigenvalue weighted by Crippen LogP contribution is -2.51. The summed E-state index contributed by atoms with van der Waals surface area (Å²) in [5, 5.41) is 2.81. The summed E-state index contributed by atoms with van der Waals surface area (Å²) < 4.78 is 0. The minimum atomic E-state index is -0.811. The maximum Gasteiger partial charge on any atom is 0.325 e. The third-order valence-electron chi connectivity index (χ3n) is 4.86. The van der Waals surface area contributed by atoms with Gasteiger partial charge in [-0.2, -0.15) is 11.8 Å². The van der Waals surface area contributed by atoms with Crippen LogP contribution in [-0.2, 0) is 16.1 Å². The lowest BCUT2D eigenvalue weighted by atomic mass is 9.99. The molecular formula is C19H25N3O3S. The average Bonchev–Trinajstić information content (AvgIpc) is 3.13. The Morgan fingerprint density at radius 3 is 2.54 bits per heavy atom. The Bertz CT molecular complexity index is 708. The van der Waals surface area contributed by atoms with E-state index < -0.39 is 17.1 Å². The lowest BCUT2D eigenvalue weighted by molar-refractivity contribution is -0.142. The first-order valence-electron chi connectivity index (χ1n) is 8.79. The van der Waals surface area contributed by atoms with Crippen molar-refractivity contribution in [3.8, 4) is 0 Å². The Balaban J connectivity index is 1.75. The van der Waals surface area contributed by atoms with Crippen LogP contribution in [-0.4, -0.2) is 56.8 Å². The minimum Gasteiger partial charge on any atom is -0.332 e. The third kappa shape index (κ3) is 3.58. The number of urea groups is 1. The van der Waals surface area contributed by atoms with Crippen molar-refractivity contribution in [1.82, 2.24) is 15.1 Å². The first-order chi connectivity index (χ1) is 12.2. The highest BCUT2D eigenvalue weighted by atomic mass is 32.2. The molecule has 0 radical (unpaired) electrons. The van der Waals surface area contributed by atoms with Crippen LogP contribution in [0.25, 0.3) is 0 Å². The summed E-state index contributed by atoms with van der Waals surface area (Å²) in [7, 11) is 0. The molecule has 0 saturated carbocycles. The predicted octanol–water partition coefficient (Wildman–Crippen LogP) is 2.24. The zero-order valence-electron chi connectivity index (χ0n) is 15.4. The zero-order valence-corrected chi connectivity index (χ0v) is 16.3. The van der Waals surface area contributed by atoms with Crippen LogP contribution >= 0.6 is 11.8 Å². The van der Waals surface area contributed by atoms with Gasteiger partial charge in [-0.1, -0.05) is 30.3 Å². The maximum atomic E-state index is 13.0. The van der Waals surface area contributed by atoms with E-state index in [0.717, 1.165) is 16.2 Å². The number of nitrogens with one attached hydrogen (secondary N) is 1. The first kappa shape index (κ1) is 18.8. The minimum absolute atomic E-state index is 0.221. The number of imide groups is 1. The van der Waals surface area contributed by atoms with Gasteiger partial charge in [0.2, 0.25) is 5.91 Å². The van der Waals surface area contributed by atoms with Crippen molar-refractivity contribution >= 4 is 29.6 Å². The summed E-state index contributed by atoms with van der Waals surface area (Å²) in [6.07, 6.45) is 0.625. The van der Waals surface area contributed by atoms with E-state index in [1.54, 1.807) is 16.7 Å². The van der Waals surface area contributed by atoms with Crippen molar-refractivity contribution in [2.75, 3.05) is 18.1 Å². The monoisotopic (exact) mass is 375 g/mol. The number of rotatable bonds is 4. The van der Waals surface area contributed by atoms with Crippen LogP contribution < -0.4 is 5.32 Å². The standard InChI is InChI=1S/C19H25N3O3S/c1-18(2,3)22(11-14-7-5-4-6-8-14)15(23)12-21-16(24)19(20-17(21)25)9-10-26-13-19/h4-8H,9-13H2,1-3H3,(H,20,25). The van der Waals surface area contributed by atoms with E-state index in [4.69, 9.17) is 0 Å². The van der Waals surface area contributed by atoms with Gasteiger partial charge in [0.15, 0.2) is 0 Å². The Morgan fingerprint density at radius 1 is 1.27 bits per heavy atom. The number of amides is 4. The quantitative estimate of drug-likeness (QED) is 0.820. The molecule has 2 aliphatic rings. The van der Waals surface area contributed by atoms with Crippen LogP contribution in [0.15, 0.2) is 30.3 Å². The number of thioether (sulfide) groups is 1. The molecule has 1 N–H and O–H groups in total. The molecule has 26 heavy (non-hydrogen) atoms. The number of benzene rings is 1. The molecule has 1 aromatic carbocycles. The van der Waals surface area contributed by atoms with Crippen molar-refractivity contribution < 1.29 is 14.4 Å². The highest BCUT2D eigenvalue weighted by Gasteiger charge is 2.53. The van der Waals surface area contributed by atoms with Gasteiger partial charge in [0, 0.05) is 17.8 Å². The van der Waals surface area contributed by atoms with E-state index in [0.29, 0.717) is 18.7 Å². The van der Waals surface area contributed by atoms with E-state index in [9.17, 15) is 14.4 Å². The molecule has 1 spiro atoms. The molecule has 2 saturated heterocycles. The number of hydrogen-bond acceptors (Lipinski definition) is 4. The molecule has 2 aliphatic heterocycles. The molecule has 140 valence electrons. The van der Waals surface area contributed by atoms with Crippen molar-refractivity contribution in [3.63, 3.8) is 0 Å². The second-order valence-electron chi connectivity index (χ2n) is 7.84. The van der Waals surface area contributed by atoms with Crippen LogP contribution in [0.5, 0.6) is 0 Å². The molecule has 0 bridgehead atoms. The Kier molecular flexibility index (Phi) is 5.01. The molecule has 0 aliphatic carbocycles. The van der Waals surface area contributed by atoms with E-state index >= 15 is 0 Å². The van der Waals surface area contributed by atoms with Crippen molar-refractivity contribution in [1.29, 1.82) is 0 Å². The van der Waals surface area contributed by atoms with Gasteiger partial charge < -0.3 is 10.2 Å². The fourth-order valence-electron chi connectivity index (χ4n) is 3.34. The molecule has 7 heteroatoms. The van der Waals surface area contributed by atoms with Crippen LogP contribution in [0.3, 0.4) is 0 Å². The fourth-order valence-corrected chi connectivity index (χ4v) is 4.66. The molecule has 6 nitrogen and oxygen atoms in total. The second kappa shape index (κ2) is 6.95. The summed E-state index contributed by atoms with van der Waals surface area (Å²) >= 11 is 1.65. The van der Waals surface area contributed by atoms with Gasteiger partial charge >= 0.3 is 6.03 Å². The van der Waals surface area contributed by atoms with Gasteiger partial charge in [-0.3, -0.25) is 14.5 Å². The van der Waals surface area contributed by atoms with Crippen LogP contribution in [0.2, 0.25) is 0 Å². The smallest absolute Gasteiger partial charge is 0.325 e. The van der Waals surface area contributed by atoms with Gasteiger partial charge in [0.25, 0.3) is 5.91 Å². The van der Waals surface area contributed by atoms with Crippen molar-refractivity contribution in [2.24, 2.45) is 0 Å². The number of nitrogens with zero attached hydrogens (tertiary/aromatic N) is 2. The molecule has 4 amide bonds. The summed E-state index contributed by atoms with van der Waals surface area (Å²) in [5.41, 5.74) is -0.224. The Hall–Kier alpha value is -2.02. The van der Waals surface area contributed by atoms with E-state index in [1.165, 1.54) is 0 Å².